The Morgan fingerprint density at radius 3 is 2.48 bits per heavy atom. The molecule has 2 rings (SSSR count). The van der Waals surface area contributed by atoms with Gasteiger partial charge in [0.05, 0.1) is 5.41 Å². The molecular formula is C17H29NO3. The van der Waals surface area contributed by atoms with Crippen LogP contribution in [-0.2, 0) is 9.59 Å². The number of rotatable bonds is 3. The molecule has 1 aliphatic heterocycles. The van der Waals surface area contributed by atoms with Gasteiger partial charge in [0.2, 0.25) is 5.91 Å². The van der Waals surface area contributed by atoms with Gasteiger partial charge in [-0.05, 0) is 43.9 Å². The minimum atomic E-state index is -0.780. The Hall–Kier alpha value is -1.06. The second-order valence-electron chi connectivity index (χ2n) is 7.92. The average Bonchev–Trinajstić information content (AvgIpc) is 2.41. The molecule has 1 heterocycles. The zero-order valence-electron chi connectivity index (χ0n) is 13.7. The van der Waals surface area contributed by atoms with Crippen molar-refractivity contribution >= 4 is 11.9 Å². The number of aliphatic carboxylic acids is 1. The van der Waals surface area contributed by atoms with Crippen LogP contribution in [0.2, 0.25) is 0 Å². The minimum Gasteiger partial charge on any atom is -0.481 e. The van der Waals surface area contributed by atoms with Gasteiger partial charge in [0.1, 0.15) is 0 Å². The molecule has 1 N–H and O–H groups in total. The molecule has 120 valence electrons. The summed E-state index contributed by atoms with van der Waals surface area (Å²) in [7, 11) is 0. The zero-order valence-corrected chi connectivity index (χ0v) is 13.7. The second-order valence-corrected chi connectivity index (χ2v) is 7.92. The number of hydrogen-bond acceptors (Lipinski definition) is 2. The third-order valence-electron chi connectivity index (χ3n) is 5.72. The number of piperidine rings is 1. The summed E-state index contributed by atoms with van der Waals surface area (Å²) in [6.45, 7) is 7.38. The third kappa shape index (κ3) is 3.58. The number of carboxylic acid groups (broad SMARTS) is 1. The number of carboxylic acids is 1. The van der Waals surface area contributed by atoms with E-state index < -0.39 is 11.4 Å². The molecule has 2 fully saturated rings. The van der Waals surface area contributed by atoms with E-state index in [1.807, 2.05) is 0 Å². The molecule has 1 saturated heterocycles. The predicted octanol–water partition coefficient (Wildman–Crippen LogP) is 3.31. The van der Waals surface area contributed by atoms with Crippen LogP contribution in [0.1, 0.15) is 65.7 Å². The largest absolute Gasteiger partial charge is 0.481 e. The van der Waals surface area contributed by atoms with Crippen molar-refractivity contribution in [3.8, 4) is 0 Å². The monoisotopic (exact) mass is 295 g/mol. The number of carbonyl (C=O) groups is 2. The van der Waals surface area contributed by atoms with Crippen LogP contribution in [0.25, 0.3) is 0 Å². The lowest BCUT2D eigenvalue weighted by atomic mass is 9.67. The first kappa shape index (κ1) is 16.3. The quantitative estimate of drug-likeness (QED) is 0.869. The smallest absolute Gasteiger partial charge is 0.311 e. The minimum absolute atomic E-state index is 0.155. The van der Waals surface area contributed by atoms with Crippen molar-refractivity contribution in [1.29, 1.82) is 0 Å². The first-order valence-corrected chi connectivity index (χ1v) is 8.26. The number of nitrogens with zero attached hydrogens (tertiary/aromatic N) is 1. The van der Waals surface area contributed by atoms with Gasteiger partial charge >= 0.3 is 5.97 Å². The lowest BCUT2D eigenvalue weighted by molar-refractivity contribution is -0.154. The van der Waals surface area contributed by atoms with E-state index in [4.69, 9.17) is 0 Å². The molecule has 1 amide bonds. The summed E-state index contributed by atoms with van der Waals surface area (Å²) in [6.07, 6.45) is 6.85. The Balaban J connectivity index is 1.98. The van der Waals surface area contributed by atoms with E-state index in [1.165, 1.54) is 19.3 Å². The molecule has 0 aromatic rings. The Morgan fingerprint density at radius 2 is 1.86 bits per heavy atom. The van der Waals surface area contributed by atoms with Gasteiger partial charge in [-0.3, -0.25) is 9.59 Å². The first-order valence-electron chi connectivity index (χ1n) is 8.26. The van der Waals surface area contributed by atoms with Crippen LogP contribution in [0.3, 0.4) is 0 Å². The van der Waals surface area contributed by atoms with Gasteiger partial charge in [0, 0.05) is 19.5 Å². The molecule has 0 aromatic carbocycles. The van der Waals surface area contributed by atoms with E-state index in [9.17, 15) is 14.7 Å². The van der Waals surface area contributed by atoms with Crippen LogP contribution in [0.4, 0.5) is 0 Å². The van der Waals surface area contributed by atoms with Gasteiger partial charge in [-0.15, -0.1) is 0 Å². The Kier molecular flexibility index (Phi) is 4.64. The Labute approximate surface area is 127 Å². The van der Waals surface area contributed by atoms with Gasteiger partial charge in [0.25, 0.3) is 0 Å². The third-order valence-corrected chi connectivity index (χ3v) is 5.72. The molecule has 0 radical (unpaired) electrons. The topological polar surface area (TPSA) is 57.6 Å². The molecule has 1 saturated carbocycles. The van der Waals surface area contributed by atoms with Crippen molar-refractivity contribution in [2.45, 2.75) is 65.7 Å². The summed E-state index contributed by atoms with van der Waals surface area (Å²) in [5, 5.41) is 9.36. The standard InChI is InChI=1S/C17H29NO3/c1-16(2)8-5-4-7-13(16)11-14(19)18-10-6-9-17(3,12-18)15(20)21/h13H,4-12H2,1-3H3,(H,20,21). The number of hydrogen-bond donors (Lipinski definition) is 1. The van der Waals surface area contributed by atoms with Crippen molar-refractivity contribution in [2.75, 3.05) is 13.1 Å². The summed E-state index contributed by atoms with van der Waals surface area (Å²) < 4.78 is 0. The normalized spacial score (nSPS) is 32.7. The lowest BCUT2D eigenvalue weighted by Gasteiger charge is -2.41. The molecule has 4 heteroatoms. The van der Waals surface area contributed by atoms with Gasteiger partial charge < -0.3 is 10.0 Å². The van der Waals surface area contributed by atoms with Crippen LogP contribution in [0.15, 0.2) is 0 Å². The summed E-state index contributed by atoms with van der Waals surface area (Å²) in [6, 6.07) is 0. The van der Waals surface area contributed by atoms with Crippen molar-refractivity contribution in [3.63, 3.8) is 0 Å². The molecule has 2 atom stereocenters. The highest BCUT2D eigenvalue weighted by Gasteiger charge is 2.41. The molecule has 0 bridgehead atoms. The van der Waals surface area contributed by atoms with Crippen LogP contribution < -0.4 is 0 Å². The highest BCUT2D eigenvalue weighted by Crippen LogP contribution is 2.43. The van der Waals surface area contributed by atoms with Gasteiger partial charge in [0.15, 0.2) is 0 Å². The Bertz CT molecular complexity index is 418. The van der Waals surface area contributed by atoms with Crippen molar-refractivity contribution < 1.29 is 14.7 Å². The van der Waals surface area contributed by atoms with E-state index in [2.05, 4.69) is 13.8 Å². The van der Waals surface area contributed by atoms with Crippen molar-refractivity contribution in [2.24, 2.45) is 16.7 Å². The summed E-state index contributed by atoms with van der Waals surface area (Å²) in [4.78, 5) is 25.8. The molecule has 0 aromatic heterocycles. The number of carbonyl (C=O) groups excluding carboxylic acids is 1. The average molecular weight is 295 g/mol. The van der Waals surface area contributed by atoms with Gasteiger partial charge in [-0.25, -0.2) is 0 Å². The van der Waals surface area contributed by atoms with Crippen LogP contribution in [0, 0.1) is 16.7 Å². The maximum Gasteiger partial charge on any atom is 0.311 e. The van der Waals surface area contributed by atoms with E-state index in [0.717, 1.165) is 19.4 Å². The first-order chi connectivity index (χ1) is 9.74. The molecule has 2 unspecified atom stereocenters. The number of likely N-dealkylation sites (tertiary alicyclic amines) is 1. The van der Waals surface area contributed by atoms with Crippen molar-refractivity contribution in [3.05, 3.63) is 0 Å². The summed E-state index contributed by atoms with van der Waals surface area (Å²) >= 11 is 0. The Morgan fingerprint density at radius 1 is 1.14 bits per heavy atom. The fourth-order valence-corrected chi connectivity index (χ4v) is 3.91. The summed E-state index contributed by atoms with van der Waals surface area (Å²) in [5.74, 6) is -0.183. The summed E-state index contributed by atoms with van der Waals surface area (Å²) in [5.41, 5.74) is -0.532. The van der Waals surface area contributed by atoms with Crippen LogP contribution in [0.5, 0.6) is 0 Å². The molecule has 0 spiro atoms. The number of amides is 1. The molecule has 4 nitrogen and oxygen atoms in total. The fourth-order valence-electron chi connectivity index (χ4n) is 3.91. The molecular weight excluding hydrogens is 266 g/mol. The predicted molar refractivity (Wildman–Crippen MR) is 81.9 cm³/mol. The molecule has 1 aliphatic carbocycles. The van der Waals surface area contributed by atoms with Crippen molar-refractivity contribution in [1.82, 2.24) is 4.90 Å². The fraction of sp³-hybridized carbons (Fsp3) is 0.882. The second kappa shape index (κ2) is 5.98. The molecule has 2 aliphatic rings. The van der Waals surface area contributed by atoms with E-state index >= 15 is 0 Å². The van der Waals surface area contributed by atoms with Crippen LogP contribution in [-0.4, -0.2) is 35.0 Å². The zero-order chi connectivity index (χ0) is 15.7. The molecule has 21 heavy (non-hydrogen) atoms. The van der Waals surface area contributed by atoms with E-state index in [-0.39, 0.29) is 11.3 Å². The van der Waals surface area contributed by atoms with Gasteiger partial charge in [-0.1, -0.05) is 26.7 Å². The SMILES string of the molecule is CC1(C(=O)O)CCCN(C(=O)CC2CCCCC2(C)C)C1. The van der Waals surface area contributed by atoms with E-state index in [0.29, 0.717) is 25.3 Å². The lowest BCUT2D eigenvalue weighted by Crippen LogP contribution is -2.49. The highest BCUT2D eigenvalue weighted by molar-refractivity contribution is 5.79. The highest BCUT2D eigenvalue weighted by atomic mass is 16.4. The maximum absolute atomic E-state index is 12.6. The van der Waals surface area contributed by atoms with Gasteiger partial charge in [-0.2, -0.15) is 0 Å². The van der Waals surface area contributed by atoms with Crippen LogP contribution >= 0.6 is 0 Å². The van der Waals surface area contributed by atoms with E-state index in [1.54, 1.807) is 11.8 Å². The maximum atomic E-state index is 12.6.